The van der Waals surface area contributed by atoms with E-state index in [0.29, 0.717) is 31.0 Å². The lowest BCUT2D eigenvalue weighted by atomic mass is 10.2. The highest BCUT2D eigenvalue weighted by Crippen LogP contribution is 2.20. The molecule has 1 N–H and O–H groups in total. The Morgan fingerprint density at radius 1 is 1.30 bits per heavy atom. The molecule has 0 unspecified atom stereocenters. The molecule has 23 heavy (non-hydrogen) atoms. The number of hydrogen-bond acceptors (Lipinski definition) is 5. The van der Waals surface area contributed by atoms with Crippen LogP contribution in [0.3, 0.4) is 0 Å². The highest BCUT2D eigenvalue weighted by molar-refractivity contribution is 5.92. The van der Waals surface area contributed by atoms with Crippen LogP contribution in [0, 0.1) is 0 Å². The van der Waals surface area contributed by atoms with Crippen molar-refractivity contribution in [1.82, 2.24) is 15.4 Å². The molecule has 0 aromatic carbocycles. The molecule has 3 heterocycles. The van der Waals surface area contributed by atoms with Gasteiger partial charge in [-0.15, -0.1) is 0 Å². The first-order valence-corrected chi connectivity index (χ1v) is 7.80. The third kappa shape index (κ3) is 3.80. The van der Waals surface area contributed by atoms with Crippen LogP contribution in [0.5, 0.6) is 0 Å². The van der Waals surface area contributed by atoms with Gasteiger partial charge in [-0.05, 0) is 25.0 Å². The molecule has 0 radical (unpaired) electrons. The van der Waals surface area contributed by atoms with Crippen LogP contribution in [-0.2, 0) is 4.79 Å². The monoisotopic (exact) mass is 317 g/mol. The lowest BCUT2D eigenvalue weighted by Crippen LogP contribution is -2.38. The standard InChI is InChI=1S/C16H19N3O4/c20-15-6-2-1-3-8-19(15)9-7-17-16(21)12-11-14(23-18-12)13-5-4-10-22-13/h4-5,10-11H,1-3,6-9H2,(H,17,21). The number of hydrogen-bond donors (Lipinski definition) is 1. The molecule has 122 valence electrons. The average Bonchev–Trinajstić information content (AvgIpc) is 3.19. The summed E-state index contributed by atoms with van der Waals surface area (Å²) in [6.07, 6.45) is 5.19. The number of furan rings is 1. The molecule has 3 rings (SSSR count). The zero-order chi connectivity index (χ0) is 16.1. The number of nitrogens with zero attached hydrogens (tertiary/aromatic N) is 2. The maximum atomic E-state index is 12.1. The lowest BCUT2D eigenvalue weighted by Gasteiger charge is -2.20. The summed E-state index contributed by atoms with van der Waals surface area (Å²) in [6.45, 7) is 1.68. The van der Waals surface area contributed by atoms with E-state index in [0.717, 1.165) is 25.8 Å². The molecule has 0 bridgehead atoms. The van der Waals surface area contributed by atoms with Gasteiger partial charge in [-0.25, -0.2) is 0 Å². The van der Waals surface area contributed by atoms with Crippen molar-refractivity contribution in [1.29, 1.82) is 0 Å². The molecule has 0 aliphatic carbocycles. The quantitative estimate of drug-likeness (QED) is 0.912. The fraction of sp³-hybridized carbons (Fsp3) is 0.438. The molecule has 2 aromatic rings. The zero-order valence-corrected chi connectivity index (χ0v) is 12.8. The Hall–Kier alpha value is -2.57. The van der Waals surface area contributed by atoms with Crippen molar-refractivity contribution in [3.05, 3.63) is 30.2 Å². The van der Waals surface area contributed by atoms with Crippen molar-refractivity contribution in [2.75, 3.05) is 19.6 Å². The van der Waals surface area contributed by atoms with E-state index in [-0.39, 0.29) is 17.5 Å². The van der Waals surface area contributed by atoms with Gasteiger partial charge in [-0.3, -0.25) is 9.59 Å². The first-order chi connectivity index (χ1) is 11.2. The van der Waals surface area contributed by atoms with Crippen LogP contribution < -0.4 is 5.32 Å². The Bertz CT molecular complexity index is 663. The van der Waals surface area contributed by atoms with Crippen molar-refractivity contribution < 1.29 is 18.5 Å². The van der Waals surface area contributed by atoms with E-state index < -0.39 is 0 Å². The fourth-order valence-electron chi connectivity index (χ4n) is 2.59. The van der Waals surface area contributed by atoms with Gasteiger partial charge in [-0.1, -0.05) is 11.6 Å². The van der Waals surface area contributed by atoms with Crippen LogP contribution in [0.4, 0.5) is 0 Å². The molecule has 2 aromatic heterocycles. The molecule has 7 heteroatoms. The largest absolute Gasteiger partial charge is 0.461 e. The summed E-state index contributed by atoms with van der Waals surface area (Å²) < 4.78 is 10.3. The highest BCUT2D eigenvalue weighted by atomic mass is 16.5. The smallest absolute Gasteiger partial charge is 0.273 e. The predicted octanol–water partition coefficient (Wildman–Crippen LogP) is 2.07. The Labute approximate surface area is 133 Å². The fourth-order valence-corrected chi connectivity index (χ4v) is 2.59. The normalized spacial score (nSPS) is 15.5. The van der Waals surface area contributed by atoms with Crippen LogP contribution in [0.25, 0.3) is 11.5 Å². The predicted molar refractivity (Wildman–Crippen MR) is 81.6 cm³/mol. The van der Waals surface area contributed by atoms with Gasteiger partial charge >= 0.3 is 0 Å². The van der Waals surface area contributed by atoms with E-state index >= 15 is 0 Å². The van der Waals surface area contributed by atoms with Crippen LogP contribution in [0.1, 0.15) is 36.2 Å². The van der Waals surface area contributed by atoms with E-state index in [2.05, 4.69) is 10.5 Å². The van der Waals surface area contributed by atoms with E-state index in [1.54, 1.807) is 12.1 Å². The van der Waals surface area contributed by atoms with Gasteiger partial charge in [0.15, 0.2) is 11.5 Å². The molecule has 1 aliphatic rings. The second-order valence-corrected chi connectivity index (χ2v) is 5.50. The number of carbonyl (C=O) groups excluding carboxylic acids is 2. The topological polar surface area (TPSA) is 88.6 Å². The molecule has 0 saturated carbocycles. The Morgan fingerprint density at radius 2 is 2.22 bits per heavy atom. The van der Waals surface area contributed by atoms with Crippen LogP contribution in [0.15, 0.2) is 33.4 Å². The van der Waals surface area contributed by atoms with Crippen molar-refractivity contribution in [2.24, 2.45) is 0 Å². The number of aromatic nitrogens is 1. The third-order valence-electron chi connectivity index (χ3n) is 3.85. The SMILES string of the molecule is O=C(NCCN1CCCCCC1=O)c1cc(-c2ccco2)on1. The molecular weight excluding hydrogens is 298 g/mol. The molecule has 7 nitrogen and oxygen atoms in total. The van der Waals surface area contributed by atoms with E-state index in [1.165, 1.54) is 12.3 Å². The zero-order valence-electron chi connectivity index (χ0n) is 12.8. The average molecular weight is 317 g/mol. The van der Waals surface area contributed by atoms with Crippen molar-refractivity contribution in [3.8, 4) is 11.5 Å². The van der Waals surface area contributed by atoms with E-state index in [1.807, 2.05) is 4.90 Å². The summed E-state index contributed by atoms with van der Waals surface area (Å²) in [7, 11) is 0. The number of nitrogens with one attached hydrogen (secondary N) is 1. The molecule has 1 aliphatic heterocycles. The second kappa shape index (κ2) is 7.13. The molecule has 2 amide bonds. The summed E-state index contributed by atoms with van der Waals surface area (Å²) in [5.74, 6) is 0.765. The first-order valence-electron chi connectivity index (χ1n) is 7.80. The second-order valence-electron chi connectivity index (χ2n) is 5.50. The Morgan fingerprint density at radius 3 is 3.04 bits per heavy atom. The Kier molecular flexibility index (Phi) is 4.75. The van der Waals surface area contributed by atoms with Crippen LogP contribution in [0.2, 0.25) is 0 Å². The summed E-state index contributed by atoms with van der Waals surface area (Å²) in [5, 5.41) is 6.50. The molecule has 0 spiro atoms. The molecule has 0 atom stereocenters. The van der Waals surface area contributed by atoms with Crippen LogP contribution >= 0.6 is 0 Å². The number of rotatable bonds is 5. The number of amides is 2. The van der Waals surface area contributed by atoms with Gasteiger partial charge in [0.05, 0.1) is 6.26 Å². The van der Waals surface area contributed by atoms with Gasteiger partial charge in [0.1, 0.15) is 0 Å². The van der Waals surface area contributed by atoms with Gasteiger partial charge < -0.3 is 19.2 Å². The van der Waals surface area contributed by atoms with Gasteiger partial charge in [0.2, 0.25) is 11.7 Å². The lowest BCUT2D eigenvalue weighted by molar-refractivity contribution is -0.130. The number of likely N-dealkylation sites (tertiary alicyclic amines) is 1. The summed E-state index contributed by atoms with van der Waals surface area (Å²) >= 11 is 0. The van der Waals surface area contributed by atoms with Crippen molar-refractivity contribution in [3.63, 3.8) is 0 Å². The summed E-state index contributed by atoms with van der Waals surface area (Å²) in [6, 6.07) is 4.99. The summed E-state index contributed by atoms with van der Waals surface area (Å²) in [4.78, 5) is 25.7. The highest BCUT2D eigenvalue weighted by Gasteiger charge is 2.18. The molecular formula is C16H19N3O4. The van der Waals surface area contributed by atoms with Gasteiger partial charge in [-0.2, -0.15) is 0 Å². The molecule has 1 fully saturated rings. The number of carbonyl (C=O) groups is 2. The Balaban J connectivity index is 1.50. The molecule has 1 saturated heterocycles. The minimum Gasteiger partial charge on any atom is -0.461 e. The van der Waals surface area contributed by atoms with E-state index in [4.69, 9.17) is 8.94 Å². The third-order valence-corrected chi connectivity index (χ3v) is 3.85. The van der Waals surface area contributed by atoms with E-state index in [9.17, 15) is 9.59 Å². The maximum Gasteiger partial charge on any atom is 0.273 e. The van der Waals surface area contributed by atoms with Crippen molar-refractivity contribution in [2.45, 2.75) is 25.7 Å². The maximum absolute atomic E-state index is 12.1. The van der Waals surface area contributed by atoms with Gasteiger partial charge in [0.25, 0.3) is 5.91 Å². The van der Waals surface area contributed by atoms with Crippen LogP contribution in [-0.4, -0.2) is 41.5 Å². The first kappa shape index (κ1) is 15.3. The minimum atomic E-state index is -0.325. The van der Waals surface area contributed by atoms with Gasteiger partial charge in [0, 0.05) is 32.1 Å². The minimum absolute atomic E-state index is 0.165. The van der Waals surface area contributed by atoms with Crippen molar-refractivity contribution >= 4 is 11.8 Å². The summed E-state index contributed by atoms with van der Waals surface area (Å²) in [5.41, 5.74) is 0.193.